The van der Waals surface area contributed by atoms with E-state index in [1.165, 1.54) is 5.56 Å². The lowest BCUT2D eigenvalue weighted by atomic mass is 10.0. The van der Waals surface area contributed by atoms with Crippen LogP contribution in [-0.4, -0.2) is 43.5 Å². The van der Waals surface area contributed by atoms with E-state index in [0.29, 0.717) is 18.5 Å². The molecule has 0 saturated carbocycles. The Kier molecular flexibility index (Phi) is 5.15. The molecule has 4 heteroatoms. The number of carbonyl (C=O) groups excluding carboxylic acids is 1. The van der Waals surface area contributed by atoms with Crippen LogP contribution in [0.25, 0.3) is 0 Å². The van der Waals surface area contributed by atoms with Gasteiger partial charge in [0.2, 0.25) is 5.91 Å². The summed E-state index contributed by atoms with van der Waals surface area (Å²) in [5.41, 5.74) is 2.17. The summed E-state index contributed by atoms with van der Waals surface area (Å²) in [6.07, 6.45) is 1.12. The second kappa shape index (κ2) is 6.86. The van der Waals surface area contributed by atoms with Crippen molar-refractivity contribution in [3.63, 3.8) is 0 Å². The average Bonchev–Trinajstić information content (AvgIpc) is 2.86. The van der Waals surface area contributed by atoms with Gasteiger partial charge >= 0.3 is 0 Å². The molecule has 1 aromatic carbocycles. The average molecular weight is 275 g/mol. The lowest BCUT2D eigenvalue weighted by molar-refractivity contribution is -0.117. The van der Waals surface area contributed by atoms with Crippen LogP contribution in [0.2, 0.25) is 0 Å². The standard InChI is InChI=1S/C16H25N3O/c1-12(2)13-4-6-14(7-5-13)18-16(20)11-19-9-8-15(10-19)17-3/h4-7,12,15,17H,8-11H2,1-3H3,(H,18,20). The van der Waals surface area contributed by atoms with Crippen LogP contribution in [0.4, 0.5) is 5.69 Å². The summed E-state index contributed by atoms with van der Waals surface area (Å²) in [5.74, 6) is 0.585. The highest BCUT2D eigenvalue weighted by Crippen LogP contribution is 2.17. The van der Waals surface area contributed by atoms with Crippen molar-refractivity contribution in [2.75, 3.05) is 32.0 Å². The van der Waals surface area contributed by atoms with Crippen molar-refractivity contribution in [1.29, 1.82) is 0 Å². The maximum atomic E-state index is 12.0. The normalized spacial score (nSPS) is 19.5. The Morgan fingerprint density at radius 2 is 2.05 bits per heavy atom. The van der Waals surface area contributed by atoms with E-state index in [1.54, 1.807) is 0 Å². The molecule has 1 saturated heterocycles. The fourth-order valence-corrected chi connectivity index (χ4v) is 2.57. The number of nitrogens with one attached hydrogen (secondary N) is 2. The van der Waals surface area contributed by atoms with Crippen LogP contribution >= 0.6 is 0 Å². The molecular formula is C16H25N3O. The lowest BCUT2D eigenvalue weighted by Gasteiger charge is -2.15. The van der Waals surface area contributed by atoms with E-state index >= 15 is 0 Å². The van der Waals surface area contributed by atoms with Gasteiger partial charge in [-0.05, 0) is 37.1 Å². The largest absolute Gasteiger partial charge is 0.325 e. The summed E-state index contributed by atoms with van der Waals surface area (Å²) in [6, 6.07) is 8.63. The zero-order chi connectivity index (χ0) is 14.5. The van der Waals surface area contributed by atoms with Crippen LogP contribution in [0.15, 0.2) is 24.3 Å². The minimum absolute atomic E-state index is 0.0686. The molecule has 0 aliphatic carbocycles. The van der Waals surface area contributed by atoms with Crippen molar-refractivity contribution >= 4 is 11.6 Å². The first-order chi connectivity index (χ1) is 9.58. The summed E-state index contributed by atoms with van der Waals surface area (Å²) in [4.78, 5) is 14.2. The maximum Gasteiger partial charge on any atom is 0.238 e. The number of likely N-dealkylation sites (tertiary alicyclic amines) is 1. The molecule has 1 heterocycles. The van der Waals surface area contributed by atoms with E-state index < -0.39 is 0 Å². The number of rotatable bonds is 5. The third kappa shape index (κ3) is 4.05. The molecule has 2 N–H and O–H groups in total. The summed E-state index contributed by atoms with van der Waals surface area (Å²) in [5, 5.41) is 6.23. The third-order valence-corrected chi connectivity index (χ3v) is 3.91. The van der Waals surface area contributed by atoms with Crippen LogP contribution in [0.1, 0.15) is 31.7 Å². The molecule has 110 valence electrons. The first kappa shape index (κ1) is 15.0. The second-order valence-electron chi connectivity index (χ2n) is 5.83. The number of carbonyl (C=O) groups is 1. The SMILES string of the molecule is CNC1CCN(CC(=O)Nc2ccc(C(C)C)cc2)C1. The summed E-state index contributed by atoms with van der Waals surface area (Å²) >= 11 is 0. The number of anilines is 1. The molecule has 1 unspecified atom stereocenters. The maximum absolute atomic E-state index is 12.0. The van der Waals surface area contributed by atoms with Crippen molar-refractivity contribution in [2.24, 2.45) is 0 Å². The molecule has 1 amide bonds. The van der Waals surface area contributed by atoms with Crippen molar-refractivity contribution in [3.8, 4) is 0 Å². The molecule has 0 aromatic heterocycles. The Morgan fingerprint density at radius 3 is 2.60 bits per heavy atom. The molecule has 0 radical (unpaired) electrons. The van der Waals surface area contributed by atoms with Crippen LogP contribution < -0.4 is 10.6 Å². The quantitative estimate of drug-likeness (QED) is 0.864. The molecule has 2 rings (SSSR count). The van der Waals surface area contributed by atoms with E-state index in [4.69, 9.17) is 0 Å². The number of nitrogens with zero attached hydrogens (tertiary/aromatic N) is 1. The minimum atomic E-state index is 0.0686. The van der Waals surface area contributed by atoms with Gasteiger partial charge in [-0.2, -0.15) is 0 Å². The highest BCUT2D eigenvalue weighted by atomic mass is 16.2. The van der Waals surface area contributed by atoms with Gasteiger partial charge in [0.1, 0.15) is 0 Å². The Morgan fingerprint density at radius 1 is 1.35 bits per heavy atom. The topological polar surface area (TPSA) is 44.4 Å². The first-order valence-electron chi connectivity index (χ1n) is 7.38. The second-order valence-corrected chi connectivity index (χ2v) is 5.83. The van der Waals surface area contributed by atoms with Crippen molar-refractivity contribution in [3.05, 3.63) is 29.8 Å². The predicted molar refractivity (Wildman–Crippen MR) is 83.1 cm³/mol. The molecule has 0 bridgehead atoms. The summed E-state index contributed by atoms with van der Waals surface area (Å²) in [6.45, 7) is 6.75. The van der Waals surface area contributed by atoms with Gasteiger partial charge in [-0.3, -0.25) is 9.69 Å². The zero-order valence-electron chi connectivity index (χ0n) is 12.6. The molecule has 1 atom stereocenters. The fraction of sp³-hybridized carbons (Fsp3) is 0.562. The van der Waals surface area contributed by atoms with E-state index in [-0.39, 0.29) is 5.91 Å². The Hall–Kier alpha value is -1.39. The van der Waals surface area contributed by atoms with Crippen molar-refractivity contribution < 1.29 is 4.79 Å². The monoisotopic (exact) mass is 275 g/mol. The molecular weight excluding hydrogens is 250 g/mol. The molecule has 1 aliphatic heterocycles. The molecule has 1 aromatic rings. The lowest BCUT2D eigenvalue weighted by Crippen LogP contribution is -2.34. The highest BCUT2D eigenvalue weighted by Gasteiger charge is 2.22. The molecule has 20 heavy (non-hydrogen) atoms. The number of hydrogen-bond donors (Lipinski definition) is 2. The fourth-order valence-electron chi connectivity index (χ4n) is 2.57. The summed E-state index contributed by atoms with van der Waals surface area (Å²) in [7, 11) is 1.98. The first-order valence-corrected chi connectivity index (χ1v) is 7.38. The van der Waals surface area contributed by atoms with Gasteiger partial charge in [0.25, 0.3) is 0 Å². The highest BCUT2D eigenvalue weighted by molar-refractivity contribution is 5.92. The van der Waals surface area contributed by atoms with Gasteiger partial charge in [-0.25, -0.2) is 0 Å². The molecule has 1 fully saturated rings. The van der Waals surface area contributed by atoms with Gasteiger partial charge < -0.3 is 10.6 Å². The van der Waals surface area contributed by atoms with E-state index in [0.717, 1.165) is 25.2 Å². The van der Waals surface area contributed by atoms with Crippen LogP contribution in [0.3, 0.4) is 0 Å². The Labute approximate surface area is 121 Å². The Bertz CT molecular complexity index is 442. The van der Waals surface area contributed by atoms with Gasteiger partial charge in [0.05, 0.1) is 6.54 Å². The Balaban J connectivity index is 1.82. The van der Waals surface area contributed by atoms with Gasteiger partial charge in [0, 0.05) is 24.8 Å². The third-order valence-electron chi connectivity index (χ3n) is 3.91. The zero-order valence-corrected chi connectivity index (χ0v) is 12.6. The van der Waals surface area contributed by atoms with Gasteiger partial charge in [-0.15, -0.1) is 0 Å². The smallest absolute Gasteiger partial charge is 0.238 e. The number of amides is 1. The molecule has 0 spiro atoms. The van der Waals surface area contributed by atoms with Crippen molar-refractivity contribution in [2.45, 2.75) is 32.2 Å². The van der Waals surface area contributed by atoms with Crippen LogP contribution in [0, 0.1) is 0 Å². The van der Waals surface area contributed by atoms with Crippen LogP contribution in [0.5, 0.6) is 0 Å². The van der Waals surface area contributed by atoms with E-state index in [1.807, 2.05) is 19.2 Å². The van der Waals surface area contributed by atoms with Crippen molar-refractivity contribution in [1.82, 2.24) is 10.2 Å². The van der Waals surface area contributed by atoms with E-state index in [9.17, 15) is 4.79 Å². The molecule has 1 aliphatic rings. The van der Waals surface area contributed by atoms with E-state index in [2.05, 4.69) is 41.5 Å². The minimum Gasteiger partial charge on any atom is -0.325 e. The predicted octanol–water partition coefficient (Wildman–Crippen LogP) is 2.04. The van der Waals surface area contributed by atoms with Gasteiger partial charge in [0.15, 0.2) is 0 Å². The van der Waals surface area contributed by atoms with Crippen LogP contribution in [-0.2, 0) is 4.79 Å². The number of hydrogen-bond acceptors (Lipinski definition) is 3. The number of likely N-dealkylation sites (N-methyl/N-ethyl adjacent to an activating group) is 1. The molecule has 4 nitrogen and oxygen atoms in total. The number of benzene rings is 1. The summed E-state index contributed by atoms with van der Waals surface area (Å²) < 4.78 is 0. The van der Waals surface area contributed by atoms with Gasteiger partial charge in [-0.1, -0.05) is 26.0 Å².